The third-order valence-electron chi connectivity index (χ3n) is 3.69. The maximum Gasteiger partial charge on any atom is 0.157 e. The highest BCUT2D eigenvalue weighted by molar-refractivity contribution is 7.25. The quantitative estimate of drug-likeness (QED) is 0.658. The van der Waals surface area contributed by atoms with Crippen molar-refractivity contribution in [3.05, 3.63) is 17.5 Å². The predicted molar refractivity (Wildman–Crippen MR) is 75.5 cm³/mol. The molecule has 98 valence electrons. The Balaban J connectivity index is 0.00000144. The number of thiophene rings is 1. The smallest absolute Gasteiger partial charge is 0.157 e. The van der Waals surface area contributed by atoms with Crippen LogP contribution in [0.4, 0.5) is 0 Å². The summed E-state index contributed by atoms with van der Waals surface area (Å²) in [6, 6.07) is 4.57. The molecule has 17 heavy (non-hydrogen) atoms. The van der Waals surface area contributed by atoms with E-state index in [4.69, 9.17) is 0 Å². The molecule has 0 atom stereocenters. The Morgan fingerprint density at radius 3 is 2.35 bits per heavy atom. The molecule has 0 bridgehead atoms. The summed E-state index contributed by atoms with van der Waals surface area (Å²) >= 11 is 1.97. The number of halogens is 1. The minimum atomic E-state index is -1.16. The normalized spacial score (nSPS) is 18.5. The van der Waals surface area contributed by atoms with Crippen LogP contribution < -0.4 is 21.8 Å². The first-order valence-corrected chi connectivity index (χ1v) is 10.6. The van der Waals surface area contributed by atoms with E-state index in [0.717, 1.165) is 0 Å². The van der Waals surface area contributed by atoms with E-state index in [2.05, 4.69) is 30.6 Å². The van der Waals surface area contributed by atoms with E-state index < -0.39 is 8.07 Å². The minimum Gasteiger partial charge on any atom is -1.00 e. The van der Waals surface area contributed by atoms with Crippen LogP contribution in [0.5, 0.6) is 0 Å². The van der Waals surface area contributed by atoms with E-state index in [1.165, 1.54) is 44.9 Å². The molecule has 1 saturated heterocycles. The molecule has 0 radical (unpaired) electrons. The Bertz CT molecular complexity index is 305. The molecule has 1 nitrogen and oxygen atoms in total. The zero-order valence-corrected chi connectivity index (χ0v) is 13.5. The first-order chi connectivity index (χ1) is 7.68. The molecule has 2 heterocycles. The molecule has 0 aromatic carbocycles. The van der Waals surface area contributed by atoms with Gasteiger partial charge in [-0.2, -0.15) is 11.3 Å². The summed E-state index contributed by atoms with van der Waals surface area (Å²) in [6.07, 6.45) is 7.26. The van der Waals surface area contributed by atoms with Crippen LogP contribution in [0.15, 0.2) is 17.5 Å². The van der Waals surface area contributed by atoms with E-state index >= 15 is 0 Å². The summed E-state index contributed by atoms with van der Waals surface area (Å²) in [5, 5.41) is 2.24. The lowest BCUT2D eigenvalue weighted by Gasteiger charge is -2.26. The van der Waals surface area contributed by atoms with Gasteiger partial charge in [0.1, 0.15) is 0 Å². The van der Waals surface area contributed by atoms with Crippen molar-refractivity contribution in [3.63, 3.8) is 0 Å². The van der Waals surface area contributed by atoms with Crippen molar-refractivity contribution in [2.75, 3.05) is 19.3 Å². The van der Waals surface area contributed by atoms with Crippen molar-refractivity contribution in [2.24, 2.45) is 0 Å². The first-order valence-electron chi connectivity index (χ1n) is 6.56. The Morgan fingerprint density at radius 2 is 1.82 bits per heavy atom. The maximum absolute atomic E-state index is 2.54. The second kappa shape index (κ2) is 6.93. The van der Waals surface area contributed by atoms with Crippen LogP contribution in [0.1, 0.15) is 25.7 Å². The van der Waals surface area contributed by atoms with E-state index in [-0.39, 0.29) is 12.4 Å². The molecular formula is C13H24ClNSSi. The molecule has 1 N–H and O–H groups in total. The van der Waals surface area contributed by atoms with Crippen molar-refractivity contribution >= 4 is 23.9 Å². The van der Waals surface area contributed by atoms with Crippen LogP contribution >= 0.6 is 11.3 Å². The molecule has 0 amide bonds. The summed E-state index contributed by atoms with van der Waals surface area (Å²) in [7, 11) is -1.16. The Kier molecular flexibility index (Phi) is 6.21. The lowest BCUT2D eigenvalue weighted by atomic mass is 10.2. The van der Waals surface area contributed by atoms with Gasteiger partial charge in [0.25, 0.3) is 0 Å². The zero-order valence-electron chi connectivity index (χ0n) is 11.0. The Labute approximate surface area is 117 Å². The van der Waals surface area contributed by atoms with Crippen LogP contribution in [-0.4, -0.2) is 27.3 Å². The van der Waals surface area contributed by atoms with Gasteiger partial charge < -0.3 is 17.3 Å². The lowest BCUT2D eigenvalue weighted by molar-refractivity contribution is -0.889. The Hall–Kier alpha value is 0.167. The summed E-state index contributed by atoms with van der Waals surface area (Å²) in [5.41, 5.74) is 0. The fourth-order valence-electron chi connectivity index (χ4n) is 2.78. The summed E-state index contributed by atoms with van der Waals surface area (Å²) in [4.78, 5) is 1.88. The van der Waals surface area contributed by atoms with Crippen molar-refractivity contribution in [1.82, 2.24) is 0 Å². The number of likely N-dealkylation sites (tertiary alicyclic amines) is 1. The third kappa shape index (κ3) is 4.40. The molecule has 2 rings (SSSR count). The van der Waals surface area contributed by atoms with Gasteiger partial charge in [0, 0.05) is 0 Å². The van der Waals surface area contributed by atoms with Gasteiger partial charge in [-0.3, -0.25) is 0 Å². The Morgan fingerprint density at radius 1 is 1.18 bits per heavy atom. The van der Waals surface area contributed by atoms with Gasteiger partial charge in [-0.1, -0.05) is 25.2 Å². The van der Waals surface area contributed by atoms with Gasteiger partial charge >= 0.3 is 0 Å². The SMILES string of the molecule is C[Si](C)(C[NH+]1CCCCCC1)c1cccs1.[Cl-]. The molecular weight excluding hydrogens is 266 g/mol. The molecule has 1 aliphatic rings. The molecule has 1 aliphatic heterocycles. The van der Waals surface area contributed by atoms with Crippen LogP contribution in [-0.2, 0) is 0 Å². The number of quaternary nitrogens is 1. The monoisotopic (exact) mass is 289 g/mol. The van der Waals surface area contributed by atoms with Crippen molar-refractivity contribution in [2.45, 2.75) is 38.8 Å². The van der Waals surface area contributed by atoms with Crippen LogP contribution in [0.25, 0.3) is 0 Å². The fourth-order valence-corrected chi connectivity index (χ4v) is 7.26. The van der Waals surface area contributed by atoms with Gasteiger partial charge in [-0.25, -0.2) is 0 Å². The third-order valence-corrected chi connectivity index (χ3v) is 9.27. The average Bonchev–Trinajstić information content (AvgIpc) is 2.67. The van der Waals surface area contributed by atoms with Gasteiger partial charge in [-0.05, 0) is 35.6 Å². The highest BCUT2D eigenvalue weighted by Gasteiger charge is 2.30. The fraction of sp³-hybridized carbons (Fsp3) is 0.692. The molecule has 0 spiro atoms. The highest BCUT2D eigenvalue weighted by atomic mass is 35.5. The van der Waals surface area contributed by atoms with E-state index in [1.54, 1.807) is 4.50 Å². The molecule has 1 fully saturated rings. The van der Waals surface area contributed by atoms with Crippen molar-refractivity contribution in [1.29, 1.82) is 0 Å². The largest absolute Gasteiger partial charge is 1.00 e. The van der Waals surface area contributed by atoms with Gasteiger partial charge in [0.05, 0.1) is 19.3 Å². The number of hydrogen-bond donors (Lipinski definition) is 1. The second-order valence-electron chi connectivity index (χ2n) is 5.70. The summed E-state index contributed by atoms with van der Waals surface area (Å²) in [6.45, 7) is 7.91. The van der Waals surface area contributed by atoms with Gasteiger partial charge in [0.2, 0.25) is 0 Å². The lowest BCUT2D eigenvalue weighted by Crippen LogP contribution is -3.14. The molecule has 1 aromatic heterocycles. The number of rotatable bonds is 3. The number of hydrogen-bond acceptors (Lipinski definition) is 1. The molecule has 0 aliphatic carbocycles. The molecule has 4 heteroatoms. The van der Waals surface area contributed by atoms with E-state index in [1.807, 2.05) is 16.2 Å². The van der Waals surface area contributed by atoms with Crippen molar-refractivity contribution in [3.8, 4) is 0 Å². The predicted octanol–water partition coefficient (Wildman–Crippen LogP) is -1.33. The van der Waals surface area contributed by atoms with E-state index in [9.17, 15) is 0 Å². The van der Waals surface area contributed by atoms with Crippen molar-refractivity contribution < 1.29 is 17.3 Å². The first kappa shape index (κ1) is 15.2. The highest BCUT2D eigenvalue weighted by Crippen LogP contribution is 2.07. The molecule has 1 aromatic rings. The van der Waals surface area contributed by atoms with Crippen LogP contribution in [0.2, 0.25) is 13.1 Å². The second-order valence-corrected chi connectivity index (χ2v) is 11.7. The van der Waals surface area contributed by atoms with E-state index in [0.29, 0.717) is 0 Å². The van der Waals surface area contributed by atoms with Gasteiger partial charge in [0.15, 0.2) is 8.07 Å². The van der Waals surface area contributed by atoms with Gasteiger partial charge in [-0.15, -0.1) is 0 Å². The summed E-state index contributed by atoms with van der Waals surface area (Å²) < 4.78 is 1.68. The topological polar surface area (TPSA) is 4.44 Å². The summed E-state index contributed by atoms with van der Waals surface area (Å²) in [5.74, 6) is 0. The zero-order chi connectivity index (χ0) is 11.4. The minimum absolute atomic E-state index is 0. The number of nitrogens with one attached hydrogen (secondary N) is 1. The van der Waals surface area contributed by atoms with Crippen LogP contribution in [0, 0.1) is 0 Å². The standard InChI is InChI=1S/C13H23NSSi.ClH/c1-16(2,13-8-7-11-15-13)12-14-9-5-3-4-6-10-14;/h7-8,11H,3-6,9-10,12H2,1-2H3;1H. The average molecular weight is 290 g/mol. The molecule has 0 unspecified atom stereocenters. The van der Waals surface area contributed by atoms with Crippen LogP contribution in [0.3, 0.4) is 0 Å². The maximum atomic E-state index is 2.54. The molecule has 0 saturated carbocycles.